The van der Waals surface area contributed by atoms with E-state index in [0.29, 0.717) is 5.92 Å². The van der Waals surface area contributed by atoms with Crippen LogP contribution >= 0.6 is 11.8 Å². The Morgan fingerprint density at radius 2 is 1.77 bits per heavy atom. The van der Waals surface area contributed by atoms with Gasteiger partial charge in [0.25, 0.3) is 5.56 Å². The second kappa shape index (κ2) is 8.66. The number of aromatic nitrogens is 2. The molecule has 0 aliphatic heterocycles. The van der Waals surface area contributed by atoms with E-state index in [1.807, 2.05) is 6.07 Å². The first kappa shape index (κ1) is 20.6. The average molecular weight is 431 g/mol. The SMILES string of the molecule is CC[C@@]1(C2CCCCC2)Cc2ccccc2-c2nc(SCc3ccccc3)[nH]c(=O)c21. The molecule has 1 fully saturated rings. The summed E-state index contributed by atoms with van der Waals surface area (Å²) in [5.41, 5.74) is 5.57. The molecule has 1 aromatic heterocycles. The summed E-state index contributed by atoms with van der Waals surface area (Å²) in [6.45, 7) is 2.27. The Balaban J connectivity index is 1.61. The summed E-state index contributed by atoms with van der Waals surface area (Å²) >= 11 is 1.61. The van der Waals surface area contributed by atoms with Crippen LogP contribution in [0.4, 0.5) is 0 Å². The minimum Gasteiger partial charge on any atom is -0.301 e. The quantitative estimate of drug-likeness (QED) is 0.370. The highest BCUT2D eigenvalue weighted by Gasteiger charge is 2.46. The molecule has 0 amide bonds. The lowest BCUT2D eigenvalue weighted by Crippen LogP contribution is -2.45. The van der Waals surface area contributed by atoms with E-state index in [1.54, 1.807) is 11.8 Å². The van der Waals surface area contributed by atoms with E-state index < -0.39 is 0 Å². The zero-order valence-corrected chi connectivity index (χ0v) is 19.0. The first-order chi connectivity index (χ1) is 15.2. The zero-order valence-electron chi connectivity index (χ0n) is 18.2. The summed E-state index contributed by atoms with van der Waals surface area (Å²) in [7, 11) is 0. The molecule has 3 nitrogen and oxygen atoms in total. The van der Waals surface area contributed by atoms with Gasteiger partial charge in [-0.3, -0.25) is 4.79 Å². The van der Waals surface area contributed by atoms with E-state index in [0.717, 1.165) is 40.6 Å². The molecule has 0 saturated heterocycles. The molecule has 160 valence electrons. The first-order valence-corrected chi connectivity index (χ1v) is 12.6. The highest BCUT2D eigenvalue weighted by molar-refractivity contribution is 7.98. The summed E-state index contributed by atoms with van der Waals surface area (Å²) in [6.07, 6.45) is 8.26. The van der Waals surface area contributed by atoms with E-state index >= 15 is 0 Å². The van der Waals surface area contributed by atoms with Crippen LogP contribution in [0.25, 0.3) is 11.3 Å². The van der Waals surface area contributed by atoms with Gasteiger partial charge in [-0.05, 0) is 42.7 Å². The number of nitrogens with one attached hydrogen (secondary N) is 1. The predicted octanol–water partition coefficient (Wildman–Crippen LogP) is 6.51. The van der Waals surface area contributed by atoms with Crippen LogP contribution in [0, 0.1) is 5.92 Å². The summed E-state index contributed by atoms with van der Waals surface area (Å²) in [5.74, 6) is 1.36. The van der Waals surface area contributed by atoms with Crippen LogP contribution in [0.15, 0.2) is 64.5 Å². The fourth-order valence-corrected chi connectivity index (χ4v) is 6.65. The van der Waals surface area contributed by atoms with Crippen molar-refractivity contribution in [1.82, 2.24) is 9.97 Å². The van der Waals surface area contributed by atoms with Gasteiger partial charge < -0.3 is 4.98 Å². The van der Waals surface area contributed by atoms with Gasteiger partial charge in [0, 0.05) is 16.7 Å². The molecule has 3 aromatic rings. The molecule has 1 N–H and O–H groups in total. The van der Waals surface area contributed by atoms with Crippen molar-refractivity contribution < 1.29 is 0 Å². The van der Waals surface area contributed by atoms with Gasteiger partial charge in [-0.2, -0.15) is 0 Å². The van der Waals surface area contributed by atoms with Gasteiger partial charge in [0.15, 0.2) is 5.16 Å². The van der Waals surface area contributed by atoms with Crippen molar-refractivity contribution in [1.29, 1.82) is 0 Å². The number of hydrogen-bond donors (Lipinski definition) is 1. The number of H-pyrrole nitrogens is 1. The Bertz CT molecular complexity index is 1120. The van der Waals surface area contributed by atoms with E-state index in [-0.39, 0.29) is 11.0 Å². The number of benzene rings is 2. The standard InChI is InChI=1S/C27H30N2OS/c1-2-27(21-14-7-4-8-15-21)17-20-13-9-10-16-22(20)24-23(27)25(30)29-26(28-24)31-18-19-11-5-3-6-12-19/h3,5-6,9-13,16,21H,2,4,7-8,14-15,17-18H2,1H3,(H,28,29,30)/t27-/m0/s1. The van der Waals surface area contributed by atoms with Crippen LogP contribution in [0.3, 0.4) is 0 Å². The molecule has 0 bridgehead atoms. The molecule has 0 radical (unpaired) electrons. The molecule has 2 aliphatic rings. The minimum atomic E-state index is -0.104. The maximum atomic E-state index is 13.6. The Hall–Kier alpha value is -2.33. The Kier molecular flexibility index (Phi) is 5.75. The maximum absolute atomic E-state index is 13.6. The van der Waals surface area contributed by atoms with Crippen molar-refractivity contribution >= 4 is 11.8 Å². The van der Waals surface area contributed by atoms with Crippen LogP contribution in [0.2, 0.25) is 0 Å². The molecule has 1 atom stereocenters. The highest BCUT2D eigenvalue weighted by atomic mass is 32.2. The number of aromatic amines is 1. The lowest BCUT2D eigenvalue weighted by molar-refractivity contribution is 0.188. The van der Waals surface area contributed by atoms with Crippen LogP contribution in [-0.2, 0) is 17.6 Å². The number of hydrogen-bond acceptors (Lipinski definition) is 3. The average Bonchev–Trinajstić information content (AvgIpc) is 2.83. The lowest BCUT2D eigenvalue weighted by atomic mass is 9.58. The third kappa shape index (κ3) is 3.76. The second-order valence-electron chi connectivity index (χ2n) is 9.05. The number of fused-ring (bicyclic) bond motifs is 3. The van der Waals surface area contributed by atoms with E-state index in [1.165, 1.54) is 43.2 Å². The van der Waals surface area contributed by atoms with E-state index in [9.17, 15) is 4.79 Å². The molecule has 1 heterocycles. The number of rotatable bonds is 5. The smallest absolute Gasteiger partial charge is 0.255 e. The Labute approximate surface area is 188 Å². The number of thioether (sulfide) groups is 1. The molecule has 31 heavy (non-hydrogen) atoms. The van der Waals surface area contributed by atoms with Crippen molar-refractivity contribution in [3.05, 3.63) is 81.6 Å². The van der Waals surface area contributed by atoms with Crippen LogP contribution in [0.1, 0.15) is 62.1 Å². The van der Waals surface area contributed by atoms with Crippen molar-refractivity contribution in [2.75, 3.05) is 0 Å². The Morgan fingerprint density at radius 3 is 2.55 bits per heavy atom. The minimum absolute atomic E-state index is 0.0717. The number of nitrogens with zero attached hydrogens (tertiary/aromatic N) is 1. The van der Waals surface area contributed by atoms with Gasteiger partial charge in [-0.25, -0.2) is 4.98 Å². The van der Waals surface area contributed by atoms with Crippen LogP contribution in [-0.4, -0.2) is 9.97 Å². The zero-order chi connectivity index (χ0) is 21.3. The molecule has 4 heteroatoms. The molecule has 2 aliphatic carbocycles. The fraction of sp³-hybridized carbons (Fsp3) is 0.407. The van der Waals surface area contributed by atoms with Gasteiger partial charge in [0.05, 0.1) is 11.3 Å². The summed E-state index contributed by atoms with van der Waals surface area (Å²) < 4.78 is 0. The first-order valence-electron chi connectivity index (χ1n) is 11.6. The van der Waals surface area contributed by atoms with Gasteiger partial charge in [-0.1, -0.05) is 92.5 Å². The van der Waals surface area contributed by atoms with Crippen molar-refractivity contribution in [3.8, 4) is 11.3 Å². The summed E-state index contributed by atoms with van der Waals surface area (Å²) in [6, 6.07) is 18.9. The third-order valence-electron chi connectivity index (χ3n) is 7.41. The molecular weight excluding hydrogens is 400 g/mol. The third-order valence-corrected chi connectivity index (χ3v) is 8.35. The molecular formula is C27H30N2OS. The molecule has 1 saturated carbocycles. The normalized spacial score (nSPS) is 20.8. The van der Waals surface area contributed by atoms with Crippen molar-refractivity contribution in [2.45, 2.75) is 68.2 Å². The van der Waals surface area contributed by atoms with Crippen LogP contribution < -0.4 is 5.56 Å². The second-order valence-corrected chi connectivity index (χ2v) is 10.0. The molecule has 5 rings (SSSR count). The largest absolute Gasteiger partial charge is 0.301 e. The highest BCUT2D eigenvalue weighted by Crippen LogP contribution is 2.51. The Morgan fingerprint density at radius 1 is 1.03 bits per heavy atom. The summed E-state index contributed by atoms with van der Waals surface area (Å²) in [5, 5.41) is 0.720. The predicted molar refractivity (Wildman–Crippen MR) is 129 cm³/mol. The molecule has 2 aromatic carbocycles. The molecule has 0 spiro atoms. The van der Waals surface area contributed by atoms with Crippen molar-refractivity contribution in [3.63, 3.8) is 0 Å². The maximum Gasteiger partial charge on any atom is 0.255 e. The summed E-state index contributed by atoms with van der Waals surface area (Å²) in [4.78, 5) is 21.9. The van der Waals surface area contributed by atoms with Gasteiger partial charge in [0.2, 0.25) is 0 Å². The fourth-order valence-electron chi connectivity index (χ4n) is 5.83. The topological polar surface area (TPSA) is 45.8 Å². The van der Waals surface area contributed by atoms with Crippen molar-refractivity contribution in [2.24, 2.45) is 5.92 Å². The lowest BCUT2D eigenvalue weighted by Gasteiger charge is -2.45. The van der Waals surface area contributed by atoms with E-state index in [4.69, 9.17) is 4.98 Å². The molecule has 0 unspecified atom stereocenters. The van der Waals surface area contributed by atoms with Gasteiger partial charge >= 0.3 is 0 Å². The van der Waals surface area contributed by atoms with Crippen LogP contribution in [0.5, 0.6) is 0 Å². The van der Waals surface area contributed by atoms with Gasteiger partial charge in [-0.15, -0.1) is 0 Å². The monoisotopic (exact) mass is 430 g/mol. The van der Waals surface area contributed by atoms with Gasteiger partial charge in [0.1, 0.15) is 0 Å². The van der Waals surface area contributed by atoms with E-state index in [2.05, 4.69) is 60.4 Å².